The molecule has 3 heteroatoms. The van der Waals surface area contributed by atoms with E-state index in [4.69, 9.17) is 9.97 Å². The van der Waals surface area contributed by atoms with Crippen LogP contribution in [0.2, 0.25) is 0 Å². The molecule has 8 aromatic rings. The van der Waals surface area contributed by atoms with E-state index >= 15 is 0 Å². The highest BCUT2D eigenvalue weighted by Gasteiger charge is 2.37. The van der Waals surface area contributed by atoms with Crippen LogP contribution in [0.5, 0.6) is 0 Å². The van der Waals surface area contributed by atoms with Gasteiger partial charge in [0.1, 0.15) is 0 Å². The molecule has 2 heterocycles. The largest absolute Gasteiger partial charge is 0.278 e. The Morgan fingerprint density at radius 1 is 0.478 bits per heavy atom. The first-order valence-corrected chi connectivity index (χ1v) is 15.9. The molecular formula is C43H31N3. The molecule has 0 saturated carbocycles. The lowest BCUT2D eigenvalue weighted by molar-refractivity contribution is 0.661. The maximum absolute atomic E-state index is 5.29. The molecule has 2 aromatic heterocycles. The average molecular weight is 590 g/mol. The summed E-state index contributed by atoms with van der Waals surface area (Å²) in [6.07, 6.45) is 0. The van der Waals surface area contributed by atoms with Crippen LogP contribution in [0.3, 0.4) is 0 Å². The van der Waals surface area contributed by atoms with Gasteiger partial charge in [-0.3, -0.25) is 4.57 Å². The first kappa shape index (κ1) is 26.6. The molecule has 46 heavy (non-hydrogen) atoms. The molecule has 0 unspecified atom stereocenters. The van der Waals surface area contributed by atoms with Gasteiger partial charge in [-0.1, -0.05) is 147 Å². The summed E-state index contributed by atoms with van der Waals surface area (Å²) in [4.78, 5) is 10.5. The fourth-order valence-electron chi connectivity index (χ4n) is 7.37. The van der Waals surface area contributed by atoms with Crippen LogP contribution in [-0.2, 0) is 5.41 Å². The molecule has 0 bridgehead atoms. The van der Waals surface area contributed by atoms with E-state index in [0.29, 0.717) is 5.95 Å². The minimum absolute atomic E-state index is 0.0773. The molecule has 1 aliphatic carbocycles. The molecule has 0 N–H and O–H groups in total. The summed E-state index contributed by atoms with van der Waals surface area (Å²) in [7, 11) is 0. The van der Waals surface area contributed by atoms with Crippen molar-refractivity contribution in [3.8, 4) is 50.7 Å². The molecule has 0 aliphatic heterocycles. The van der Waals surface area contributed by atoms with Gasteiger partial charge in [0.15, 0.2) is 0 Å². The lowest BCUT2D eigenvalue weighted by atomic mass is 9.82. The summed E-state index contributed by atoms with van der Waals surface area (Å²) in [5.74, 6) is 0.667. The highest BCUT2D eigenvalue weighted by atomic mass is 15.2. The minimum atomic E-state index is -0.0773. The Labute approximate surface area is 268 Å². The van der Waals surface area contributed by atoms with Crippen molar-refractivity contribution in [3.63, 3.8) is 0 Å². The second-order valence-electron chi connectivity index (χ2n) is 12.7. The molecular weight excluding hydrogens is 558 g/mol. The molecule has 0 spiro atoms. The highest BCUT2D eigenvalue weighted by Crippen LogP contribution is 2.53. The Bertz CT molecular complexity index is 2420. The molecule has 6 aromatic carbocycles. The van der Waals surface area contributed by atoms with Gasteiger partial charge < -0.3 is 0 Å². The van der Waals surface area contributed by atoms with Gasteiger partial charge in [0.05, 0.1) is 22.4 Å². The Hall–Kier alpha value is -5.80. The van der Waals surface area contributed by atoms with Gasteiger partial charge in [-0.15, -0.1) is 0 Å². The number of rotatable bonds is 4. The first-order chi connectivity index (χ1) is 22.6. The summed E-state index contributed by atoms with van der Waals surface area (Å²) >= 11 is 0. The Balaban J connectivity index is 1.31. The van der Waals surface area contributed by atoms with Crippen LogP contribution in [0.15, 0.2) is 152 Å². The number of benzene rings is 6. The van der Waals surface area contributed by atoms with Crippen LogP contribution in [0.4, 0.5) is 0 Å². The van der Waals surface area contributed by atoms with E-state index in [9.17, 15) is 0 Å². The number of hydrogen-bond donors (Lipinski definition) is 0. The molecule has 9 rings (SSSR count). The number of fused-ring (bicyclic) bond motifs is 7. The van der Waals surface area contributed by atoms with E-state index in [0.717, 1.165) is 33.5 Å². The van der Waals surface area contributed by atoms with E-state index in [2.05, 4.69) is 158 Å². The zero-order chi connectivity index (χ0) is 30.8. The number of hydrogen-bond acceptors (Lipinski definition) is 2. The van der Waals surface area contributed by atoms with Crippen LogP contribution in [-0.4, -0.2) is 14.5 Å². The Kier molecular flexibility index (Phi) is 5.85. The van der Waals surface area contributed by atoms with Crippen molar-refractivity contribution >= 4 is 21.8 Å². The normalized spacial score (nSPS) is 13.2. The van der Waals surface area contributed by atoms with Gasteiger partial charge >= 0.3 is 0 Å². The van der Waals surface area contributed by atoms with Crippen LogP contribution < -0.4 is 0 Å². The molecule has 0 saturated heterocycles. The van der Waals surface area contributed by atoms with E-state index in [1.54, 1.807) is 0 Å². The molecule has 3 nitrogen and oxygen atoms in total. The van der Waals surface area contributed by atoms with Gasteiger partial charge in [-0.05, 0) is 51.6 Å². The third-order valence-electron chi connectivity index (χ3n) is 9.65. The zero-order valence-corrected chi connectivity index (χ0v) is 25.8. The summed E-state index contributed by atoms with van der Waals surface area (Å²) in [5, 5.41) is 2.47. The number of aromatic nitrogens is 3. The maximum Gasteiger partial charge on any atom is 0.235 e. The summed E-state index contributed by atoms with van der Waals surface area (Å²) in [6, 6.07) is 53.8. The summed E-state index contributed by atoms with van der Waals surface area (Å²) in [5.41, 5.74) is 13.8. The van der Waals surface area contributed by atoms with Gasteiger partial charge in [0, 0.05) is 27.3 Å². The van der Waals surface area contributed by atoms with Crippen LogP contribution in [0, 0.1) is 0 Å². The standard InChI is InChI=1S/C43H31N3/c1-43(2)34-19-11-9-17-32(34)40-35(43)25-26-39-41(40)33-18-10-12-20-38(33)46(39)42-44-36(30-15-7-4-8-16-30)27-37(45-42)31-23-21-29(22-24-31)28-13-5-3-6-14-28/h3-27H,1-2H3. The molecule has 0 fully saturated rings. The SMILES string of the molecule is CC1(C)c2ccccc2-c2c1ccc1c2c2ccccc2n1-c1nc(-c2ccccc2)cc(-c2ccc(-c3ccccc3)cc2)n1. The minimum Gasteiger partial charge on any atom is -0.278 e. The van der Waals surface area contributed by atoms with Crippen LogP contribution in [0.25, 0.3) is 72.5 Å². The monoisotopic (exact) mass is 589 g/mol. The number of para-hydroxylation sites is 1. The van der Waals surface area contributed by atoms with Crippen molar-refractivity contribution < 1.29 is 0 Å². The van der Waals surface area contributed by atoms with Gasteiger partial charge in [-0.2, -0.15) is 0 Å². The summed E-state index contributed by atoms with van der Waals surface area (Å²) in [6.45, 7) is 4.68. The second-order valence-corrected chi connectivity index (χ2v) is 12.7. The number of nitrogens with zero attached hydrogens (tertiary/aromatic N) is 3. The second kappa shape index (κ2) is 10.1. The molecule has 0 amide bonds. The third-order valence-corrected chi connectivity index (χ3v) is 9.65. The fraction of sp³-hybridized carbons (Fsp3) is 0.0698. The van der Waals surface area contributed by atoms with Crippen molar-refractivity contribution in [1.29, 1.82) is 0 Å². The van der Waals surface area contributed by atoms with Crippen molar-refractivity contribution in [1.82, 2.24) is 14.5 Å². The van der Waals surface area contributed by atoms with Crippen molar-refractivity contribution in [2.75, 3.05) is 0 Å². The lowest BCUT2D eigenvalue weighted by Gasteiger charge is -2.21. The van der Waals surface area contributed by atoms with Crippen LogP contribution >= 0.6 is 0 Å². The van der Waals surface area contributed by atoms with Crippen LogP contribution in [0.1, 0.15) is 25.0 Å². The predicted molar refractivity (Wildman–Crippen MR) is 190 cm³/mol. The van der Waals surface area contributed by atoms with E-state index < -0.39 is 0 Å². The zero-order valence-electron chi connectivity index (χ0n) is 25.8. The quantitative estimate of drug-likeness (QED) is 0.204. The Morgan fingerprint density at radius 2 is 1.04 bits per heavy atom. The smallest absolute Gasteiger partial charge is 0.235 e. The van der Waals surface area contributed by atoms with Crippen molar-refractivity contribution in [3.05, 3.63) is 163 Å². The van der Waals surface area contributed by atoms with Crippen molar-refractivity contribution in [2.45, 2.75) is 19.3 Å². The third kappa shape index (κ3) is 3.98. The first-order valence-electron chi connectivity index (χ1n) is 15.9. The molecule has 218 valence electrons. The highest BCUT2D eigenvalue weighted by molar-refractivity contribution is 6.17. The van der Waals surface area contributed by atoms with Gasteiger partial charge in [-0.25, -0.2) is 9.97 Å². The molecule has 0 atom stereocenters. The van der Waals surface area contributed by atoms with E-state index in [1.807, 2.05) is 12.1 Å². The topological polar surface area (TPSA) is 30.7 Å². The van der Waals surface area contributed by atoms with Gasteiger partial charge in [0.25, 0.3) is 0 Å². The van der Waals surface area contributed by atoms with E-state index in [1.165, 1.54) is 44.2 Å². The Morgan fingerprint density at radius 3 is 1.78 bits per heavy atom. The maximum atomic E-state index is 5.29. The molecule has 0 radical (unpaired) electrons. The lowest BCUT2D eigenvalue weighted by Crippen LogP contribution is -2.14. The molecule has 1 aliphatic rings. The van der Waals surface area contributed by atoms with Crippen molar-refractivity contribution in [2.24, 2.45) is 0 Å². The predicted octanol–water partition coefficient (Wildman–Crippen LogP) is 10.9. The fourth-order valence-corrected chi connectivity index (χ4v) is 7.37. The average Bonchev–Trinajstić information content (AvgIpc) is 3.58. The summed E-state index contributed by atoms with van der Waals surface area (Å²) < 4.78 is 2.26. The van der Waals surface area contributed by atoms with Gasteiger partial charge in [0.2, 0.25) is 5.95 Å². The van der Waals surface area contributed by atoms with E-state index in [-0.39, 0.29) is 5.41 Å².